The maximum Gasteiger partial charge on any atom is 0.410 e. The highest BCUT2D eigenvalue weighted by Crippen LogP contribution is 2.55. The molecular formula is C14H20N2O4. The third kappa shape index (κ3) is 1.73. The van der Waals surface area contributed by atoms with Gasteiger partial charge in [-0.3, -0.25) is 14.5 Å². The lowest BCUT2D eigenvalue weighted by molar-refractivity contribution is -0.137. The summed E-state index contributed by atoms with van der Waals surface area (Å²) in [6.07, 6.45) is -0.349. The van der Waals surface area contributed by atoms with Gasteiger partial charge in [-0.05, 0) is 32.6 Å². The number of rotatable bonds is 0. The molecule has 110 valence electrons. The molecular weight excluding hydrogens is 260 g/mol. The number of fused-ring (bicyclic) bond motifs is 4. The van der Waals surface area contributed by atoms with E-state index < -0.39 is 5.60 Å². The van der Waals surface area contributed by atoms with Crippen LogP contribution in [0, 0.1) is 23.7 Å². The summed E-state index contributed by atoms with van der Waals surface area (Å²) in [5.41, 5.74) is -0.527. The molecule has 6 heteroatoms. The predicted molar refractivity (Wildman–Crippen MR) is 69.5 cm³/mol. The molecule has 3 amide bonds. The molecule has 0 aromatic rings. The Morgan fingerprint density at radius 3 is 1.95 bits per heavy atom. The quantitative estimate of drug-likeness (QED) is 0.613. The second kappa shape index (κ2) is 3.96. The molecule has 3 fully saturated rings. The highest BCUT2D eigenvalue weighted by atomic mass is 16.6. The number of hydrogen-bond donors (Lipinski definition) is 0. The summed E-state index contributed by atoms with van der Waals surface area (Å²) in [6, 6.07) is 0. The van der Waals surface area contributed by atoms with Gasteiger partial charge >= 0.3 is 6.09 Å². The summed E-state index contributed by atoms with van der Waals surface area (Å²) in [7, 11) is 1.55. The molecule has 0 N–H and O–H groups in total. The van der Waals surface area contributed by atoms with E-state index in [-0.39, 0.29) is 41.6 Å². The van der Waals surface area contributed by atoms with E-state index in [0.29, 0.717) is 13.1 Å². The van der Waals surface area contributed by atoms with Crippen LogP contribution in [0.4, 0.5) is 4.79 Å². The molecule has 4 atom stereocenters. The summed E-state index contributed by atoms with van der Waals surface area (Å²) in [5, 5.41) is 0. The van der Waals surface area contributed by atoms with Crippen molar-refractivity contribution in [2.75, 3.05) is 20.1 Å². The van der Waals surface area contributed by atoms with Gasteiger partial charge in [0.25, 0.3) is 0 Å². The van der Waals surface area contributed by atoms with E-state index in [1.807, 2.05) is 20.8 Å². The molecule has 0 unspecified atom stereocenters. The van der Waals surface area contributed by atoms with Crippen molar-refractivity contribution in [2.45, 2.75) is 26.4 Å². The van der Waals surface area contributed by atoms with Crippen LogP contribution in [0.25, 0.3) is 0 Å². The largest absolute Gasteiger partial charge is 0.444 e. The van der Waals surface area contributed by atoms with Crippen LogP contribution in [0.15, 0.2) is 0 Å². The molecule has 0 radical (unpaired) electrons. The molecule has 1 aliphatic carbocycles. The zero-order valence-corrected chi connectivity index (χ0v) is 12.3. The van der Waals surface area contributed by atoms with Crippen LogP contribution in [0.3, 0.4) is 0 Å². The molecule has 2 saturated heterocycles. The predicted octanol–water partition coefficient (Wildman–Crippen LogP) is 0.714. The van der Waals surface area contributed by atoms with Crippen molar-refractivity contribution in [1.29, 1.82) is 0 Å². The lowest BCUT2D eigenvalue weighted by atomic mass is 9.59. The van der Waals surface area contributed by atoms with Gasteiger partial charge in [0.05, 0.1) is 11.8 Å². The zero-order chi connectivity index (χ0) is 14.8. The Hall–Kier alpha value is -1.59. The van der Waals surface area contributed by atoms with E-state index in [1.54, 1.807) is 11.9 Å². The first-order chi connectivity index (χ1) is 9.20. The fourth-order valence-electron chi connectivity index (χ4n) is 3.71. The van der Waals surface area contributed by atoms with Crippen molar-refractivity contribution < 1.29 is 19.1 Å². The summed E-state index contributed by atoms with van der Waals surface area (Å²) < 4.78 is 5.35. The monoisotopic (exact) mass is 280 g/mol. The number of imide groups is 1. The summed E-state index contributed by atoms with van der Waals surface area (Å²) >= 11 is 0. The van der Waals surface area contributed by atoms with Gasteiger partial charge in [-0.15, -0.1) is 0 Å². The van der Waals surface area contributed by atoms with Crippen LogP contribution in [0.1, 0.15) is 20.8 Å². The number of hydrogen-bond acceptors (Lipinski definition) is 4. The Kier molecular flexibility index (Phi) is 2.65. The number of amides is 3. The van der Waals surface area contributed by atoms with Gasteiger partial charge in [0.2, 0.25) is 11.8 Å². The average Bonchev–Trinajstić information content (AvgIpc) is 2.73. The minimum absolute atomic E-state index is 0.0905. The van der Waals surface area contributed by atoms with Crippen LogP contribution in [0.5, 0.6) is 0 Å². The SMILES string of the molecule is CN1C(=O)[C@@H]2[C@H]3CN(C(=O)OC(C)(C)C)C[C@H]3[C@@H]2C1=O. The van der Waals surface area contributed by atoms with E-state index in [9.17, 15) is 14.4 Å². The Balaban J connectivity index is 1.70. The Bertz CT molecular complexity index is 466. The van der Waals surface area contributed by atoms with Crippen molar-refractivity contribution in [3.8, 4) is 0 Å². The summed E-state index contributed by atoms with van der Waals surface area (Å²) in [4.78, 5) is 38.9. The lowest BCUT2D eigenvalue weighted by Gasteiger charge is -2.39. The van der Waals surface area contributed by atoms with Crippen LogP contribution in [-0.4, -0.2) is 53.4 Å². The van der Waals surface area contributed by atoms with E-state index in [2.05, 4.69) is 0 Å². The van der Waals surface area contributed by atoms with Crippen LogP contribution in [-0.2, 0) is 14.3 Å². The zero-order valence-electron chi connectivity index (χ0n) is 12.3. The standard InChI is InChI=1S/C14H20N2O4/c1-14(2,3)20-13(19)16-5-7-8(6-16)10-9(7)11(17)15(4)12(10)18/h7-10H,5-6H2,1-4H3/t7-,8+,9+,10-. The van der Waals surface area contributed by atoms with Gasteiger partial charge < -0.3 is 9.64 Å². The summed E-state index contributed by atoms with van der Waals surface area (Å²) in [5.74, 6) is -0.378. The molecule has 1 saturated carbocycles. The lowest BCUT2D eigenvalue weighted by Crippen LogP contribution is -2.47. The van der Waals surface area contributed by atoms with Crippen LogP contribution >= 0.6 is 0 Å². The number of carbonyl (C=O) groups excluding carboxylic acids is 3. The minimum Gasteiger partial charge on any atom is -0.444 e. The molecule has 3 aliphatic rings. The molecule has 2 aliphatic heterocycles. The fourth-order valence-corrected chi connectivity index (χ4v) is 3.71. The first-order valence-electron chi connectivity index (χ1n) is 7.00. The first kappa shape index (κ1) is 13.4. The molecule has 3 rings (SSSR count). The van der Waals surface area contributed by atoms with Gasteiger partial charge in [0, 0.05) is 20.1 Å². The smallest absolute Gasteiger partial charge is 0.410 e. The minimum atomic E-state index is -0.527. The molecule has 20 heavy (non-hydrogen) atoms. The average molecular weight is 280 g/mol. The maximum atomic E-state index is 12.1. The Morgan fingerprint density at radius 1 is 1.10 bits per heavy atom. The van der Waals surface area contributed by atoms with Gasteiger partial charge in [0.1, 0.15) is 5.60 Å². The topological polar surface area (TPSA) is 66.9 Å². The highest BCUT2D eigenvalue weighted by molar-refractivity contribution is 6.06. The van der Waals surface area contributed by atoms with Crippen molar-refractivity contribution >= 4 is 17.9 Å². The third-order valence-corrected chi connectivity index (χ3v) is 4.60. The van der Waals surface area contributed by atoms with Gasteiger partial charge in [0.15, 0.2) is 0 Å². The Morgan fingerprint density at radius 2 is 1.55 bits per heavy atom. The normalized spacial score (nSPS) is 35.8. The Labute approximate surface area is 118 Å². The van der Waals surface area contributed by atoms with Crippen LogP contribution in [0.2, 0.25) is 0 Å². The molecule has 2 heterocycles. The number of likely N-dealkylation sites (tertiary alicyclic amines) is 2. The summed E-state index contributed by atoms with van der Waals surface area (Å²) in [6.45, 7) is 6.52. The van der Waals surface area contributed by atoms with Crippen molar-refractivity contribution in [3.63, 3.8) is 0 Å². The van der Waals surface area contributed by atoms with E-state index in [4.69, 9.17) is 4.74 Å². The highest BCUT2D eigenvalue weighted by Gasteiger charge is 2.66. The second-order valence-electron chi connectivity index (χ2n) is 7.00. The van der Waals surface area contributed by atoms with E-state index in [1.165, 1.54) is 4.90 Å². The number of carbonyl (C=O) groups is 3. The van der Waals surface area contributed by atoms with E-state index in [0.717, 1.165) is 0 Å². The fraction of sp³-hybridized carbons (Fsp3) is 0.786. The molecule has 6 nitrogen and oxygen atoms in total. The number of nitrogens with zero attached hydrogens (tertiary/aromatic N) is 2. The van der Waals surface area contributed by atoms with Gasteiger partial charge in [-0.1, -0.05) is 0 Å². The van der Waals surface area contributed by atoms with Crippen molar-refractivity contribution in [1.82, 2.24) is 9.80 Å². The molecule has 0 spiro atoms. The number of ether oxygens (including phenoxy) is 1. The van der Waals surface area contributed by atoms with Gasteiger partial charge in [-0.2, -0.15) is 0 Å². The molecule has 0 bridgehead atoms. The van der Waals surface area contributed by atoms with Gasteiger partial charge in [-0.25, -0.2) is 4.79 Å². The first-order valence-corrected chi connectivity index (χ1v) is 7.00. The van der Waals surface area contributed by atoms with Crippen LogP contribution < -0.4 is 0 Å². The molecule has 0 aromatic heterocycles. The van der Waals surface area contributed by atoms with E-state index >= 15 is 0 Å². The molecule has 0 aromatic carbocycles. The van der Waals surface area contributed by atoms with Crippen molar-refractivity contribution in [3.05, 3.63) is 0 Å². The second-order valence-corrected chi connectivity index (χ2v) is 7.00. The van der Waals surface area contributed by atoms with Crippen molar-refractivity contribution in [2.24, 2.45) is 23.7 Å². The maximum absolute atomic E-state index is 12.1. The third-order valence-electron chi connectivity index (χ3n) is 4.60.